The van der Waals surface area contributed by atoms with Gasteiger partial charge in [0.15, 0.2) is 5.78 Å². The van der Waals surface area contributed by atoms with Gasteiger partial charge in [0.1, 0.15) is 5.69 Å². The van der Waals surface area contributed by atoms with Crippen molar-refractivity contribution in [3.8, 4) is 10.7 Å². The van der Waals surface area contributed by atoms with Crippen molar-refractivity contribution in [2.75, 3.05) is 6.54 Å². The minimum Gasteiger partial charge on any atom is -0.354 e. The second-order valence-corrected chi connectivity index (χ2v) is 7.68. The average molecular weight is 401 g/mol. The lowest BCUT2D eigenvalue weighted by molar-refractivity contribution is 0.0947. The van der Waals surface area contributed by atoms with Gasteiger partial charge in [-0.25, -0.2) is 0 Å². The summed E-state index contributed by atoms with van der Waals surface area (Å²) >= 11 is 1.58. The van der Waals surface area contributed by atoms with Crippen molar-refractivity contribution in [2.24, 2.45) is 0 Å². The zero-order valence-corrected chi connectivity index (χ0v) is 17.1. The third-order valence-electron chi connectivity index (χ3n) is 4.58. The highest BCUT2D eigenvalue weighted by molar-refractivity contribution is 7.13. The fourth-order valence-electron chi connectivity index (χ4n) is 3.24. The van der Waals surface area contributed by atoms with E-state index in [9.17, 15) is 9.59 Å². The van der Waals surface area contributed by atoms with Gasteiger partial charge in [0.25, 0.3) is 5.91 Å². The van der Waals surface area contributed by atoms with E-state index in [1.165, 1.54) is 6.92 Å². The number of ketones is 1. The normalized spacial score (nSPS) is 11.0. The molecule has 148 valence electrons. The topological polar surface area (TPSA) is 101 Å². The molecule has 0 unspecified atom stereocenters. The van der Waals surface area contributed by atoms with Crippen LogP contribution < -0.4 is 5.32 Å². The summed E-state index contributed by atoms with van der Waals surface area (Å²) in [7, 11) is 0. The summed E-state index contributed by atoms with van der Waals surface area (Å²) in [6, 6.07) is 3.93. The lowest BCUT2D eigenvalue weighted by atomic mass is 10.1. The SMILES string of the molecule is CC(=O)c1c(C)[nH]c(C(=O)NCCCCCc2nc(-c3cccs3)no2)c1C. The first-order valence-corrected chi connectivity index (χ1v) is 10.2. The van der Waals surface area contributed by atoms with Crippen LogP contribution in [0.25, 0.3) is 10.7 Å². The number of Topliss-reactive ketones (excluding diaryl/α,β-unsaturated/α-hetero) is 1. The first-order chi connectivity index (χ1) is 13.5. The Kier molecular flexibility index (Phi) is 6.41. The summed E-state index contributed by atoms with van der Waals surface area (Å²) in [6.45, 7) is 5.69. The molecule has 0 spiro atoms. The molecule has 0 aliphatic rings. The average Bonchev–Trinajstić information content (AvgIpc) is 3.37. The minimum absolute atomic E-state index is 0.0337. The van der Waals surface area contributed by atoms with Crippen LogP contribution in [0.2, 0.25) is 0 Å². The van der Waals surface area contributed by atoms with Gasteiger partial charge < -0.3 is 14.8 Å². The van der Waals surface area contributed by atoms with Crippen molar-refractivity contribution in [1.29, 1.82) is 0 Å². The van der Waals surface area contributed by atoms with Crippen LogP contribution in [0.5, 0.6) is 0 Å². The lowest BCUT2D eigenvalue weighted by Gasteiger charge is -2.04. The molecule has 0 bridgehead atoms. The van der Waals surface area contributed by atoms with Crippen LogP contribution in [-0.4, -0.2) is 33.4 Å². The van der Waals surface area contributed by atoms with Crippen LogP contribution in [0.3, 0.4) is 0 Å². The van der Waals surface area contributed by atoms with E-state index in [1.54, 1.807) is 18.3 Å². The summed E-state index contributed by atoms with van der Waals surface area (Å²) in [5, 5.41) is 8.89. The molecule has 3 aromatic rings. The maximum Gasteiger partial charge on any atom is 0.268 e. The van der Waals surface area contributed by atoms with Crippen molar-refractivity contribution in [1.82, 2.24) is 20.4 Å². The molecule has 1 amide bonds. The molecule has 0 saturated heterocycles. The van der Waals surface area contributed by atoms with Crippen LogP contribution in [0.4, 0.5) is 0 Å². The van der Waals surface area contributed by atoms with Gasteiger partial charge in [0, 0.05) is 24.2 Å². The van der Waals surface area contributed by atoms with E-state index >= 15 is 0 Å². The van der Waals surface area contributed by atoms with Crippen LogP contribution in [0.15, 0.2) is 22.0 Å². The standard InChI is InChI=1S/C20H24N4O3S/c1-12-17(14(3)25)13(2)22-18(12)20(26)21-10-6-4-5-9-16-23-19(24-27-16)15-8-7-11-28-15/h7-8,11,22H,4-6,9-10H2,1-3H3,(H,21,26). The fraction of sp³-hybridized carbons (Fsp3) is 0.400. The number of rotatable bonds is 9. The van der Waals surface area contributed by atoms with E-state index in [2.05, 4.69) is 20.4 Å². The van der Waals surface area contributed by atoms with E-state index in [1.807, 2.05) is 24.4 Å². The predicted molar refractivity (Wildman–Crippen MR) is 108 cm³/mol. The van der Waals surface area contributed by atoms with Crippen LogP contribution in [0.1, 0.15) is 64.2 Å². The number of aromatic nitrogens is 3. The quantitative estimate of drug-likeness (QED) is 0.416. The zero-order chi connectivity index (χ0) is 20.1. The van der Waals surface area contributed by atoms with Gasteiger partial charge in [0.2, 0.25) is 11.7 Å². The predicted octanol–water partition coefficient (Wildman–Crippen LogP) is 4.09. The van der Waals surface area contributed by atoms with Gasteiger partial charge in [0.05, 0.1) is 4.88 Å². The Morgan fingerprint density at radius 2 is 2.07 bits per heavy atom. The Bertz CT molecular complexity index is 956. The van der Waals surface area contributed by atoms with E-state index < -0.39 is 0 Å². The molecular formula is C20H24N4O3S. The van der Waals surface area contributed by atoms with Crippen molar-refractivity contribution >= 4 is 23.0 Å². The fourth-order valence-corrected chi connectivity index (χ4v) is 3.88. The van der Waals surface area contributed by atoms with Gasteiger partial charge in [-0.15, -0.1) is 11.3 Å². The third kappa shape index (κ3) is 4.56. The smallest absolute Gasteiger partial charge is 0.268 e. The molecule has 3 heterocycles. The molecule has 8 heteroatoms. The molecule has 0 aliphatic carbocycles. The third-order valence-corrected chi connectivity index (χ3v) is 5.45. The molecular weight excluding hydrogens is 376 g/mol. The molecule has 3 aromatic heterocycles. The summed E-state index contributed by atoms with van der Waals surface area (Å²) in [6.07, 6.45) is 3.44. The molecule has 0 aromatic carbocycles. The molecule has 0 radical (unpaired) electrons. The Morgan fingerprint density at radius 3 is 2.75 bits per heavy atom. The van der Waals surface area contributed by atoms with Gasteiger partial charge in [-0.1, -0.05) is 17.6 Å². The molecule has 7 nitrogen and oxygen atoms in total. The van der Waals surface area contributed by atoms with Gasteiger partial charge >= 0.3 is 0 Å². The summed E-state index contributed by atoms with van der Waals surface area (Å²) < 4.78 is 5.28. The van der Waals surface area contributed by atoms with Crippen molar-refractivity contribution in [3.05, 3.63) is 45.9 Å². The number of amides is 1. The summed E-state index contributed by atoms with van der Waals surface area (Å²) in [5.41, 5.74) is 2.51. The number of unbranched alkanes of at least 4 members (excludes halogenated alkanes) is 2. The van der Waals surface area contributed by atoms with E-state index in [4.69, 9.17) is 4.52 Å². The Morgan fingerprint density at radius 1 is 1.25 bits per heavy atom. The molecule has 2 N–H and O–H groups in total. The van der Waals surface area contributed by atoms with Gasteiger partial charge in [-0.3, -0.25) is 9.59 Å². The number of thiophene rings is 1. The zero-order valence-electron chi connectivity index (χ0n) is 16.3. The number of hydrogen-bond acceptors (Lipinski definition) is 6. The maximum atomic E-state index is 12.3. The second kappa shape index (κ2) is 8.97. The van der Waals surface area contributed by atoms with Crippen LogP contribution >= 0.6 is 11.3 Å². The number of carbonyl (C=O) groups is 2. The maximum absolute atomic E-state index is 12.3. The number of nitrogens with one attached hydrogen (secondary N) is 2. The van der Waals surface area contributed by atoms with Gasteiger partial charge in [-0.05, 0) is 50.6 Å². The Hall–Kier alpha value is -2.74. The number of nitrogens with zero attached hydrogens (tertiary/aromatic N) is 2. The first-order valence-electron chi connectivity index (χ1n) is 9.32. The minimum atomic E-state index is -0.175. The molecule has 3 rings (SSSR count). The van der Waals surface area contributed by atoms with Gasteiger partial charge in [-0.2, -0.15) is 4.98 Å². The number of aryl methyl sites for hydroxylation is 2. The highest BCUT2D eigenvalue weighted by Gasteiger charge is 2.19. The highest BCUT2D eigenvalue weighted by atomic mass is 32.1. The van der Waals surface area contributed by atoms with Crippen molar-refractivity contribution in [3.63, 3.8) is 0 Å². The molecule has 28 heavy (non-hydrogen) atoms. The summed E-state index contributed by atoms with van der Waals surface area (Å²) in [5.74, 6) is 1.07. The van der Waals surface area contributed by atoms with Crippen LogP contribution in [0, 0.1) is 13.8 Å². The van der Waals surface area contributed by atoms with E-state index in [-0.39, 0.29) is 11.7 Å². The molecule has 0 fully saturated rings. The Balaban J connectivity index is 1.39. The largest absolute Gasteiger partial charge is 0.354 e. The molecule has 0 aliphatic heterocycles. The van der Waals surface area contributed by atoms with Crippen LogP contribution in [-0.2, 0) is 6.42 Å². The first kappa shape index (κ1) is 20.0. The second-order valence-electron chi connectivity index (χ2n) is 6.74. The van der Waals surface area contributed by atoms with E-state index in [0.717, 1.165) is 36.3 Å². The number of H-pyrrole nitrogens is 1. The highest BCUT2D eigenvalue weighted by Crippen LogP contribution is 2.22. The lowest BCUT2D eigenvalue weighted by Crippen LogP contribution is -2.25. The number of carbonyl (C=O) groups excluding carboxylic acids is 2. The number of aromatic amines is 1. The summed E-state index contributed by atoms with van der Waals surface area (Å²) in [4.78, 5) is 32.4. The van der Waals surface area contributed by atoms with Crippen molar-refractivity contribution < 1.29 is 14.1 Å². The van der Waals surface area contributed by atoms with E-state index in [0.29, 0.717) is 35.1 Å². The Labute approximate surface area is 167 Å². The number of hydrogen-bond donors (Lipinski definition) is 2. The van der Waals surface area contributed by atoms with Crippen molar-refractivity contribution in [2.45, 2.75) is 46.5 Å². The molecule has 0 saturated carbocycles. The monoisotopic (exact) mass is 400 g/mol. The molecule has 0 atom stereocenters.